The Labute approximate surface area is 223 Å². The summed E-state index contributed by atoms with van der Waals surface area (Å²) < 4.78 is 10.5. The van der Waals surface area contributed by atoms with E-state index >= 15 is 0 Å². The zero-order chi connectivity index (χ0) is 25.5. The maximum absolute atomic E-state index is 12.4. The van der Waals surface area contributed by atoms with E-state index in [2.05, 4.69) is 15.5 Å². The number of nitrogens with one attached hydrogen (secondary N) is 1. The van der Waals surface area contributed by atoms with E-state index in [0.717, 1.165) is 22.6 Å². The van der Waals surface area contributed by atoms with Gasteiger partial charge in [0.15, 0.2) is 0 Å². The maximum atomic E-state index is 12.4. The number of hydrogen-bond donors (Lipinski definition) is 1. The number of halogens is 2. The molecule has 0 radical (unpaired) electrons. The summed E-state index contributed by atoms with van der Waals surface area (Å²) in [5, 5.41) is 12.9. The number of rotatable bonds is 9. The summed E-state index contributed by atoms with van der Waals surface area (Å²) in [6.45, 7) is 0. The smallest absolute Gasteiger partial charge is 0.225 e. The Kier molecular flexibility index (Phi) is 8.64. The lowest BCUT2D eigenvalue weighted by atomic mass is 10.0. The molecular weight excluding hydrogens is 519 g/mol. The molecule has 0 aliphatic carbocycles. The average Bonchev–Trinajstić information content (AvgIpc) is 2.91. The molecule has 4 rings (SSSR count). The molecule has 4 aromatic rings. The second-order valence-electron chi connectivity index (χ2n) is 7.52. The van der Waals surface area contributed by atoms with Crippen LogP contribution in [0, 0.1) is 0 Å². The molecule has 0 spiro atoms. The predicted octanol–water partition coefficient (Wildman–Crippen LogP) is 6.65. The molecule has 0 aliphatic rings. The van der Waals surface area contributed by atoms with Crippen LogP contribution in [0.2, 0.25) is 10.0 Å². The van der Waals surface area contributed by atoms with Crippen molar-refractivity contribution in [1.29, 1.82) is 0 Å². The highest BCUT2D eigenvalue weighted by Crippen LogP contribution is 2.32. The predicted molar refractivity (Wildman–Crippen MR) is 144 cm³/mol. The Morgan fingerprint density at radius 2 is 1.47 bits per heavy atom. The topological polar surface area (TPSA) is 86.2 Å². The number of anilines is 1. The molecule has 1 heterocycles. The van der Waals surface area contributed by atoms with Gasteiger partial charge in [0.25, 0.3) is 0 Å². The van der Waals surface area contributed by atoms with E-state index in [0.29, 0.717) is 38.0 Å². The fraction of sp³-hybridized carbons (Fsp3) is 0.154. The highest BCUT2D eigenvalue weighted by Gasteiger charge is 2.15. The van der Waals surface area contributed by atoms with Crippen LogP contribution in [0.3, 0.4) is 0 Å². The second-order valence-corrected chi connectivity index (χ2v) is 9.43. The molecular formula is C26H22Cl2N4O3S. The lowest BCUT2D eigenvalue weighted by Crippen LogP contribution is -2.12. The summed E-state index contributed by atoms with van der Waals surface area (Å²) in [5.74, 6) is 1.75. The average molecular weight is 541 g/mol. The van der Waals surface area contributed by atoms with Gasteiger partial charge in [0.2, 0.25) is 11.1 Å². The van der Waals surface area contributed by atoms with Gasteiger partial charge in [-0.05, 0) is 66.7 Å². The van der Waals surface area contributed by atoms with Crippen LogP contribution in [0.25, 0.3) is 22.5 Å². The molecule has 0 bridgehead atoms. The van der Waals surface area contributed by atoms with Crippen LogP contribution in [-0.4, -0.2) is 41.1 Å². The normalized spacial score (nSPS) is 10.7. The molecule has 0 unspecified atom stereocenters. The standard InChI is InChI=1S/C26H22Cl2N4O3S/c1-34-19-8-3-16(4-9-19)24-25(17-5-10-20(35-2)11-6-17)31-32-26(30-24)36-14-13-23(33)29-22-15-18(27)7-12-21(22)28/h3-12,15H,13-14H2,1-2H3,(H,29,33). The van der Waals surface area contributed by atoms with Crippen LogP contribution in [0.1, 0.15) is 6.42 Å². The molecule has 7 nitrogen and oxygen atoms in total. The second kappa shape index (κ2) is 12.1. The maximum Gasteiger partial charge on any atom is 0.225 e. The monoisotopic (exact) mass is 540 g/mol. The zero-order valence-electron chi connectivity index (χ0n) is 19.5. The van der Waals surface area contributed by atoms with Gasteiger partial charge in [0, 0.05) is 28.3 Å². The molecule has 0 saturated carbocycles. The lowest BCUT2D eigenvalue weighted by molar-refractivity contribution is -0.115. The van der Waals surface area contributed by atoms with E-state index < -0.39 is 0 Å². The minimum absolute atomic E-state index is 0.190. The fourth-order valence-electron chi connectivity index (χ4n) is 3.31. The third-order valence-corrected chi connectivity index (χ3v) is 6.56. The molecule has 1 N–H and O–H groups in total. The molecule has 3 aromatic carbocycles. The van der Waals surface area contributed by atoms with Gasteiger partial charge < -0.3 is 14.8 Å². The highest BCUT2D eigenvalue weighted by atomic mass is 35.5. The first-order valence-corrected chi connectivity index (χ1v) is 12.6. The highest BCUT2D eigenvalue weighted by molar-refractivity contribution is 7.99. The molecule has 0 fully saturated rings. The molecule has 36 heavy (non-hydrogen) atoms. The Balaban J connectivity index is 1.52. The largest absolute Gasteiger partial charge is 0.497 e. The van der Waals surface area contributed by atoms with E-state index in [9.17, 15) is 4.79 Å². The van der Waals surface area contributed by atoms with Crippen molar-refractivity contribution >= 4 is 46.6 Å². The summed E-state index contributed by atoms with van der Waals surface area (Å²) in [6.07, 6.45) is 0.231. The van der Waals surface area contributed by atoms with Gasteiger partial charge in [0.05, 0.1) is 24.9 Å². The Hall–Kier alpha value is -3.33. The van der Waals surface area contributed by atoms with E-state index in [1.807, 2.05) is 48.5 Å². The third-order valence-electron chi connectivity index (χ3n) is 5.16. The van der Waals surface area contributed by atoms with Gasteiger partial charge >= 0.3 is 0 Å². The van der Waals surface area contributed by atoms with E-state index in [-0.39, 0.29) is 12.3 Å². The summed E-state index contributed by atoms with van der Waals surface area (Å²) in [6, 6.07) is 20.0. The molecule has 184 valence electrons. The van der Waals surface area contributed by atoms with Crippen molar-refractivity contribution in [3.63, 3.8) is 0 Å². The first-order valence-electron chi connectivity index (χ1n) is 10.9. The lowest BCUT2D eigenvalue weighted by Gasteiger charge is -2.11. The minimum atomic E-state index is -0.190. The first-order chi connectivity index (χ1) is 17.5. The van der Waals surface area contributed by atoms with Crippen molar-refractivity contribution in [2.24, 2.45) is 0 Å². The van der Waals surface area contributed by atoms with Crippen LogP contribution in [0.4, 0.5) is 5.69 Å². The van der Waals surface area contributed by atoms with E-state index in [1.165, 1.54) is 11.8 Å². The van der Waals surface area contributed by atoms with Gasteiger partial charge in [0.1, 0.15) is 22.9 Å². The van der Waals surface area contributed by atoms with Crippen molar-refractivity contribution in [2.75, 3.05) is 25.3 Å². The summed E-state index contributed by atoms with van der Waals surface area (Å²) in [7, 11) is 3.24. The molecule has 10 heteroatoms. The number of carbonyl (C=O) groups excluding carboxylic acids is 1. The fourth-order valence-corrected chi connectivity index (χ4v) is 4.37. The number of methoxy groups -OCH3 is 2. The first kappa shape index (κ1) is 25.8. The molecule has 1 amide bonds. The van der Waals surface area contributed by atoms with Crippen LogP contribution in [0.5, 0.6) is 11.5 Å². The summed E-state index contributed by atoms with van der Waals surface area (Å²) in [4.78, 5) is 17.2. The quantitative estimate of drug-likeness (QED) is 0.238. The van der Waals surface area contributed by atoms with Crippen LogP contribution >= 0.6 is 35.0 Å². The van der Waals surface area contributed by atoms with Crippen molar-refractivity contribution in [1.82, 2.24) is 15.2 Å². The molecule has 0 aliphatic heterocycles. The van der Waals surface area contributed by atoms with Crippen molar-refractivity contribution in [3.05, 3.63) is 76.8 Å². The molecule has 0 saturated heterocycles. The van der Waals surface area contributed by atoms with Gasteiger partial charge in [-0.1, -0.05) is 35.0 Å². The van der Waals surface area contributed by atoms with Crippen LogP contribution in [-0.2, 0) is 4.79 Å². The Bertz CT molecular complexity index is 1350. The minimum Gasteiger partial charge on any atom is -0.497 e. The van der Waals surface area contributed by atoms with E-state index in [4.69, 9.17) is 37.7 Å². The number of carbonyl (C=O) groups is 1. The van der Waals surface area contributed by atoms with Crippen molar-refractivity contribution in [3.8, 4) is 34.0 Å². The number of aromatic nitrogens is 3. The van der Waals surface area contributed by atoms with Gasteiger partial charge in [-0.15, -0.1) is 10.2 Å². The number of ether oxygens (including phenoxy) is 2. The zero-order valence-corrected chi connectivity index (χ0v) is 21.8. The van der Waals surface area contributed by atoms with Gasteiger partial charge in [-0.3, -0.25) is 4.79 Å². The number of amides is 1. The molecule has 1 aromatic heterocycles. The number of hydrogen-bond acceptors (Lipinski definition) is 7. The number of nitrogens with zero attached hydrogens (tertiary/aromatic N) is 3. The SMILES string of the molecule is COc1ccc(-c2nnc(SCCC(=O)Nc3cc(Cl)ccc3Cl)nc2-c2ccc(OC)cc2)cc1. The summed E-state index contributed by atoms with van der Waals surface area (Å²) >= 11 is 13.5. The van der Waals surface area contributed by atoms with E-state index in [1.54, 1.807) is 32.4 Å². The van der Waals surface area contributed by atoms with Gasteiger partial charge in [-0.25, -0.2) is 4.98 Å². The number of benzene rings is 3. The Morgan fingerprint density at radius 1 is 0.861 bits per heavy atom. The molecule has 0 atom stereocenters. The van der Waals surface area contributed by atoms with Crippen molar-refractivity contribution in [2.45, 2.75) is 11.6 Å². The van der Waals surface area contributed by atoms with Crippen LogP contribution in [0.15, 0.2) is 71.9 Å². The third kappa shape index (κ3) is 6.46. The van der Waals surface area contributed by atoms with Crippen molar-refractivity contribution < 1.29 is 14.3 Å². The number of thioether (sulfide) groups is 1. The summed E-state index contributed by atoms with van der Waals surface area (Å²) in [5.41, 5.74) is 3.52. The van der Waals surface area contributed by atoms with Gasteiger partial charge in [-0.2, -0.15) is 0 Å². The van der Waals surface area contributed by atoms with Crippen LogP contribution < -0.4 is 14.8 Å². The Morgan fingerprint density at radius 3 is 2.08 bits per heavy atom.